The van der Waals surface area contributed by atoms with Crippen molar-refractivity contribution in [2.24, 2.45) is 5.41 Å². The van der Waals surface area contributed by atoms with Crippen molar-refractivity contribution in [3.05, 3.63) is 24.1 Å². The van der Waals surface area contributed by atoms with Gasteiger partial charge >= 0.3 is 0 Å². The van der Waals surface area contributed by atoms with Crippen LogP contribution < -0.4 is 14.8 Å². The van der Waals surface area contributed by atoms with Crippen LogP contribution in [0, 0.1) is 5.41 Å². The molecule has 2 aromatic rings. The highest BCUT2D eigenvalue weighted by Gasteiger charge is 2.58. The first-order valence-electron chi connectivity index (χ1n) is 7.52. The first-order chi connectivity index (χ1) is 10.8. The molecule has 6 heteroatoms. The fourth-order valence-corrected chi connectivity index (χ4v) is 3.40. The molecule has 4 rings (SSSR count). The van der Waals surface area contributed by atoms with Crippen molar-refractivity contribution in [1.82, 2.24) is 15.5 Å². The predicted octanol–water partition coefficient (Wildman–Crippen LogP) is 2.22. The maximum absolute atomic E-state index is 5.50. The third-order valence-corrected chi connectivity index (χ3v) is 4.85. The fourth-order valence-electron chi connectivity index (χ4n) is 3.40. The topological polar surface area (TPSA) is 69.4 Å². The predicted molar refractivity (Wildman–Crippen MR) is 80.1 cm³/mol. The number of hydrogen-bond donors (Lipinski definition) is 1. The molecule has 2 heterocycles. The summed E-state index contributed by atoms with van der Waals surface area (Å²) in [6.45, 7) is 2.15. The zero-order valence-electron chi connectivity index (χ0n) is 12.8. The molecular weight excluding hydrogens is 282 g/mol. The SMILES string of the molecule is COc1ccc(-c2noc(C3CC34CCNC4)n2)cc1OC. The molecule has 2 unspecified atom stereocenters. The van der Waals surface area contributed by atoms with Crippen LogP contribution in [-0.4, -0.2) is 37.4 Å². The van der Waals surface area contributed by atoms with Gasteiger partial charge in [-0.1, -0.05) is 5.16 Å². The van der Waals surface area contributed by atoms with Gasteiger partial charge in [-0.05, 0) is 43.0 Å². The van der Waals surface area contributed by atoms with E-state index in [1.165, 1.54) is 6.42 Å². The van der Waals surface area contributed by atoms with Crippen LogP contribution in [0.1, 0.15) is 24.7 Å². The number of hydrogen-bond acceptors (Lipinski definition) is 6. The molecule has 1 spiro atoms. The van der Waals surface area contributed by atoms with E-state index in [2.05, 4.69) is 15.5 Å². The van der Waals surface area contributed by atoms with Gasteiger partial charge in [0.05, 0.1) is 14.2 Å². The second kappa shape index (κ2) is 4.98. The zero-order chi connectivity index (χ0) is 15.2. The maximum atomic E-state index is 5.50. The lowest BCUT2D eigenvalue weighted by atomic mass is 10.0. The second-order valence-corrected chi connectivity index (χ2v) is 6.07. The minimum atomic E-state index is 0.363. The molecule has 1 saturated heterocycles. The number of ether oxygens (including phenoxy) is 2. The Labute approximate surface area is 128 Å². The van der Waals surface area contributed by atoms with Crippen molar-refractivity contribution in [3.63, 3.8) is 0 Å². The van der Waals surface area contributed by atoms with E-state index in [-0.39, 0.29) is 0 Å². The van der Waals surface area contributed by atoms with Gasteiger partial charge in [0.1, 0.15) is 0 Å². The molecule has 6 nitrogen and oxygen atoms in total. The summed E-state index contributed by atoms with van der Waals surface area (Å²) in [4.78, 5) is 4.59. The lowest BCUT2D eigenvalue weighted by Gasteiger charge is -2.07. The van der Waals surface area contributed by atoms with Gasteiger partial charge < -0.3 is 19.3 Å². The molecule has 0 bridgehead atoms. The monoisotopic (exact) mass is 301 g/mol. The lowest BCUT2D eigenvalue weighted by Crippen LogP contribution is -2.10. The number of nitrogens with zero attached hydrogens (tertiary/aromatic N) is 2. The summed E-state index contributed by atoms with van der Waals surface area (Å²) in [7, 11) is 3.23. The Bertz CT molecular complexity index is 692. The molecule has 1 aromatic heterocycles. The minimum Gasteiger partial charge on any atom is -0.493 e. The molecule has 1 N–H and O–H groups in total. The molecule has 116 valence electrons. The third kappa shape index (κ3) is 2.06. The van der Waals surface area contributed by atoms with Crippen LogP contribution in [0.3, 0.4) is 0 Å². The van der Waals surface area contributed by atoms with Gasteiger partial charge in [-0.25, -0.2) is 0 Å². The van der Waals surface area contributed by atoms with Crippen LogP contribution >= 0.6 is 0 Å². The van der Waals surface area contributed by atoms with Gasteiger partial charge in [-0.3, -0.25) is 0 Å². The van der Waals surface area contributed by atoms with E-state index < -0.39 is 0 Å². The smallest absolute Gasteiger partial charge is 0.230 e. The Morgan fingerprint density at radius 1 is 1.27 bits per heavy atom. The van der Waals surface area contributed by atoms with E-state index in [9.17, 15) is 0 Å². The minimum absolute atomic E-state index is 0.363. The largest absolute Gasteiger partial charge is 0.493 e. The van der Waals surface area contributed by atoms with Gasteiger partial charge in [0.15, 0.2) is 11.5 Å². The molecule has 2 fully saturated rings. The molecule has 1 aliphatic heterocycles. The second-order valence-electron chi connectivity index (χ2n) is 6.07. The normalized spacial score (nSPS) is 26.4. The molecule has 1 aromatic carbocycles. The molecule has 2 atom stereocenters. The van der Waals surface area contributed by atoms with Crippen molar-refractivity contribution in [2.45, 2.75) is 18.8 Å². The molecule has 1 saturated carbocycles. The summed E-state index contributed by atoms with van der Waals surface area (Å²) >= 11 is 0. The van der Waals surface area contributed by atoms with E-state index >= 15 is 0 Å². The summed E-state index contributed by atoms with van der Waals surface area (Å²) in [5, 5.41) is 7.55. The van der Waals surface area contributed by atoms with Crippen molar-refractivity contribution in [2.75, 3.05) is 27.3 Å². The quantitative estimate of drug-likeness (QED) is 0.934. The van der Waals surface area contributed by atoms with Crippen molar-refractivity contribution >= 4 is 0 Å². The van der Waals surface area contributed by atoms with Crippen LogP contribution in [0.15, 0.2) is 22.7 Å². The summed E-state index contributed by atoms with van der Waals surface area (Å²) in [5.41, 5.74) is 1.23. The van der Waals surface area contributed by atoms with Crippen molar-refractivity contribution in [1.29, 1.82) is 0 Å². The van der Waals surface area contributed by atoms with Crippen LogP contribution in [0.4, 0.5) is 0 Å². The molecule has 2 aliphatic rings. The highest BCUT2D eigenvalue weighted by Crippen LogP contribution is 2.62. The third-order valence-electron chi connectivity index (χ3n) is 4.85. The molecule has 0 amide bonds. The van der Waals surface area contributed by atoms with Crippen LogP contribution in [0.5, 0.6) is 11.5 Å². The van der Waals surface area contributed by atoms with Gasteiger partial charge in [0, 0.05) is 18.0 Å². The summed E-state index contributed by atoms with van der Waals surface area (Å²) in [6, 6.07) is 5.63. The van der Waals surface area contributed by atoms with Crippen molar-refractivity contribution in [3.8, 4) is 22.9 Å². The molecule has 0 radical (unpaired) electrons. The van der Waals surface area contributed by atoms with Crippen LogP contribution in [-0.2, 0) is 0 Å². The van der Waals surface area contributed by atoms with E-state index in [1.54, 1.807) is 14.2 Å². The average molecular weight is 301 g/mol. The molecule has 22 heavy (non-hydrogen) atoms. The standard InChI is InChI=1S/C16H19N3O3/c1-20-12-4-3-10(7-13(12)21-2)14-18-15(22-19-14)11-8-16(11)5-6-17-9-16/h3-4,7,11,17H,5-6,8-9H2,1-2H3. The Balaban J connectivity index is 1.59. The van der Waals surface area contributed by atoms with E-state index in [1.807, 2.05) is 18.2 Å². The first kappa shape index (κ1) is 13.6. The Morgan fingerprint density at radius 3 is 2.86 bits per heavy atom. The maximum Gasteiger partial charge on any atom is 0.230 e. The highest BCUT2D eigenvalue weighted by molar-refractivity contribution is 5.60. The molecular formula is C16H19N3O3. The number of nitrogens with one attached hydrogen (secondary N) is 1. The number of benzene rings is 1. The van der Waals surface area contributed by atoms with E-state index in [0.717, 1.165) is 31.0 Å². The average Bonchev–Trinajstić information content (AvgIpc) is 2.93. The van der Waals surface area contributed by atoms with Gasteiger partial charge in [-0.2, -0.15) is 4.98 Å². The fraction of sp³-hybridized carbons (Fsp3) is 0.500. The van der Waals surface area contributed by atoms with Crippen LogP contribution in [0.2, 0.25) is 0 Å². The summed E-state index contributed by atoms with van der Waals surface area (Å²) < 4.78 is 16.1. The zero-order valence-corrected chi connectivity index (χ0v) is 12.8. The summed E-state index contributed by atoms with van der Waals surface area (Å²) in [5.74, 6) is 3.11. The number of methoxy groups -OCH3 is 2. The Kier molecular flexibility index (Phi) is 3.07. The van der Waals surface area contributed by atoms with Gasteiger partial charge in [0.2, 0.25) is 11.7 Å². The first-order valence-corrected chi connectivity index (χ1v) is 7.52. The summed E-state index contributed by atoms with van der Waals surface area (Å²) in [6.07, 6.45) is 2.35. The Hall–Kier alpha value is -2.08. The van der Waals surface area contributed by atoms with Crippen LogP contribution in [0.25, 0.3) is 11.4 Å². The lowest BCUT2D eigenvalue weighted by molar-refractivity contribution is 0.355. The number of rotatable bonds is 4. The number of aromatic nitrogens is 2. The highest BCUT2D eigenvalue weighted by atomic mass is 16.5. The van der Waals surface area contributed by atoms with Gasteiger partial charge in [0.25, 0.3) is 0 Å². The van der Waals surface area contributed by atoms with Crippen molar-refractivity contribution < 1.29 is 14.0 Å². The Morgan fingerprint density at radius 2 is 2.14 bits per heavy atom. The van der Waals surface area contributed by atoms with Gasteiger partial charge in [-0.15, -0.1) is 0 Å². The molecule has 1 aliphatic carbocycles. The van der Waals surface area contributed by atoms with E-state index in [0.29, 0.717) is 28.7 Å². The van der Waals surface area contributed by atoms with E-state index in [4.69, 9.17) is 14.0 Å².